The molecule has 18 heavy (non-hydrogen) atoms. The van der Waals surface area contributed by atoms with Gasteiger partial charge in [-0.1, -0.05) is 20.3 Å². The summed E-state index contributed by atoms with van der Waals surface area (Å²) in [6.07, 6.45) is 3.39. The number of hydrogen-bond acceptors (Lipinski definition) is 3. The van der Waals surface area contributed by atoms with Gasteiger partial charge in [-0.3, -0.25) is 10.1 Å². The molecule has 1 rings (SSSR count). The molecule has 1 N–H and O–H groups in total. The first-order valence-electron chi connectivity index (χ1n) is 7.20. The maximum absolute atomic E-state index is 12.1. The van der Waals surface area contributed by atoms with Crippen molar-refractivity contribution in [1.82, 2.24) is 10.2 Å². The van der Waals surface area contributed by atoms with Gasteiger partial charge in [0.25, 0.3) is 0 Å². The molecule has 0 radical (unpaired) electrons. The first-order chi connectivity index (χ1) is 8.56. The lowest BCUT2D eigenvalue weighted by Crippen LogP contribution is -2.36. The van der Waals surface area contributed by atoms with E-state index >= 15 is 0 Å². The third-order valence-corrected chi connectivity index (χ3v) is 3.57. The zero-order valence-corrected chi connectivity index (χ0v) is 12.2. The van der Waals surface area contributed by atoms with Gasteiger partial charge in [-0.15, -0.1) is 0 Å². The molecule has 1 aliphatic rings. The van der Waals surface area contributed by atoms with Crippen molar-refractivity contribution in [2.75, 3.05) is 19.8 Å². The third-order valence-electron chi connectivity index (χ3n) is 3.57. The van der Waals surface area contributed by atoms with Crippen molar-refractivity contribution in [3.8, 4) is 0 Å². The van der Waals surface area contributed by atoms with Crippen molar-refractivity contribution >= 4 is 5.91 Å². The van der Waals surface area contributed by atoms with Gasteiger partial charge in [-0.25, -0.2) is 0 Å². The molecule has 4 heteroatoms. The fourth-order valence-electron chi connectivity index (χ4n) is 2.16. The number of hydrogen-bond donors (Lipinski definition) is 1. The van der Waals surface area contributed by atoms with Crippen LogP contribution in [0.25, 0.3) is 0 Å². The fraction of sp³-hybridized carbons (Fsp3) is 0.929. The van der Waals surface area contributed by atoms with E-state index in [1.165, 1.54) is 0 Å². The Bertz CT molecular complexity index is 256. The van der Waals surface area contributed by atoms with Crippen LogP contribution in [0.1, 0.15) is 47.0 Å². The first-order valence-corrected chi connectivity index (χ1v) is 7.20. The smallest absolute Gasteiger partial charge is 0.241 e. The van der Waals surface area contributed by atoms with Crippen LogP contribution in [0.2, 0.25) is 0 Å². The zero-order chi connectivity index (χ0) is 13.5. The van der Waals surface area contributed by atoms with Crippen LogP contribution in [0.15, 0.2) is 0 Å². The molecule has 1 amide bonds. The number of carbonyl (C=O) groups is 1. The van der Waals surface area contributed by atoms with Crippen molar-refractivity contribution in [3.05, 3.63) is 0 Å². The Hall–Kier alpha value is -0.610. The number of rotatable bonds is 8. The number of amides is 1. The van der Waals surface area contributed by atoms with E-state index in [-0.39, 0.29) is 11.9 Å². The van der Waals surface area contributed by atoms with Crippen LogP contribution in [0.4, 0.5) is 0 Å². The molecule has 0 aromatic rings. The van der Waals surface area contributed by atoms with E-state index in [1.54, 1.807) is 0 Å². The summed E-state index contributed by atoms with van der Waals surface area (Å²) in [5, 5.41) is 3.31. The Balaban J connectivity index is 2.18. The van der Waals surface area contributed by atoms with Crippen molar-refractivity contribution in [2.24, 2.45) is 5.92 Å². The molecule has 2 atom stereocenters. The molecule has 106 valence electrons. The number of nitrogens with one attached hydrogen (secondary N) is 1. The Kier molecular flexibility index (Phi) is 6.65. The minimum absolute atomic E-state index is 0.0296. The second-order valence-electron chi connectivity index (χ2n) is 5.45. The van der Waals surface area contributed by atoms with Gasteiger partial charge in [0, 0.05) is 13.2 Å². The molecule has 0 aromatic carbocycles. The highest BCUT2D eigenvalue weighted by Crippen LogP contribution is 2.15. The molecule has 0 saturated carbocycles. The normalized spacial score (nSPS) is 21.9. The molecule has 0 spiro atoms. The SMILES string of the molecule is CCC(C)C1NCN(CCCCOC(C)C)C1=O. The van der Waals surface area contributed by atoms with Crippen LogP contribution in [0.5, 0.6) is 0 Å². The van der Waals surface area contributed by atoms with Crippen molar-refractivity contribution < 1.29 is 9.53 Å². The monoisotopic (exact) mass is 256 g/mol. The van der Waals surface area contributed by atoms with Gasteiger partial charge in [0.2, 0.25) is 5.91 Å². The molecule has 0 bridgehead atoms. The van der Waals surface area contributed by atoms with E-state index in [0.717, 1.165) is 32.4 Å². The van der Waals surface area contributed by atoms with Crippen LogP contribution in [-0.4, -0.2) is 42.8 Å². The standard InChI is InChI=1S/C14H28N2O2/c1-5-12(4)13-14(17)16(10-15-13)8-6-7-9-18-11(2)3/h11-13,15H,5-10H2,1-4H3. The number of ether oxygens (including phenoxy) is 1. The molecule has 0 aromatic heterocycles. The summed E-state index contributed by atoms with van der Waals surface area (Å²) in [5.41, 5.74) is 0. The molecule has 1 saturated heterocycles. The van der Waals surface area contributed by atoms with E-state index in [2.05, 4.69) is 19.2 Å². The Morgan fingerprint density at radius 1 is 1.39 bits per heavy atom. The maximum Gasteiger partial charge on any atom is 0.241 e. The summed E-state index contributed by atoms with van der Waals surface area (Å²) < 4.78 is 5.49. The molecular formula is C14H28N2O2. The number of unbranched alkanes of at least 4 members (excludes halogenated alkanes) is 1. The van der Waals surface area contributed by atoms with E-state index < -0.39 is 0 Å². The van der Waals surface area contributed by atoms with Crippen LogP contribution in [-0.2, 0) is 9.53 Å². The quantitative estimate of drug-likeness (QED) is 0.675. The lowest BCUT2D eigenvalue weighted by molar-refractivity contribution is -0.129. The highest BCUT2D eigenvalue weighted by Gasteiger charge is 2.33. The van der Waals surface area contributed by atoms with Gasteiger partial charge < -0.3 is 9.64 Å². The summed E-state index contributed by atoms with van der Waals surface area (Å²) >= 11 is 0. The van der Waals surface area contributed by atoms with E-state index in [1.807, 2.05) is 18.7 Å². The highest BCUT2D eigenvalue weighted by molar-refractivity contribution is 5.84. The van der Waals surface area contributed by atoms with E-state index in [9.17, 15) is 4.79 Å². The van der Waals surface area contributed by atoms with E-state index in [4.69, 9.17) is 4.74 Å². The zero-order valence-electron chi connectivity index (χ0n) is 12.2. The maximum atomic E-state index is 12.1. The second kappa shape index (κ2) is 7.74. The van der Waals surface area contributed by atoms with Crippen molar-refractivity contribution in [3.63, 3.8) is 0 Å². The minimum atomic E-state index is 0.0296. The molecule has 0 aliphatic carbocycles. The first kappa shape index (κ1) is 15.4. The number of nitrogens with zero attached hydrogens (tertiary/aromatic N) is 1. The average molecular weight is 256 g/mol. The largest absolute Gasteiger partial charge is 0.379 e. The van der Waals surface area contributed by atoms with Crippen molar-refractivity contribution in [2.45, 2.75) is 59.1 Å². The van der Waals surface area contributed by atoms with Gasteiger partial charge in [-0.05, 0) is 32.6 Å². The predicted molar refractivity (Wildman–Crippen MR) is 73.3 cm³/mol. The van der Waals surface area contributed by atoms with Crippen LogP contribution < -0.4 is 5.32 Å². The third kappa shape index (κ3) is 4.58. The number of carbonyl (C=O) groups excluding carboxylic acids is 1. The highest BCUT2D eigenvalue weighted by atomic mass is 16.5. The average Bonchev–Trinajstić information content (AvgIpc) is 2.69. The topological polar surface area (TPSA) is 41.6 Å². The Labute approximate surface area is 111 Å². The lowest BCUT2D eigenvalue weighted by Gasteiger charge is -2.18. The summed E-state index contributed by atoms with van der Waals surface area (Å²) in [6, 6.07) is 0.0296. The van der Waals surface area contributed by atoms with E-state index in [0.29, 0.717) is 18.7 Å². The lowest BCUT2D eigenvalue weighted by atomic mass is 9.99. The molecule has 4 nitrogen and oxygen atoms in total. The minimum Gasteiger partial charge on any atom is -0.379 e. The van der Waals surface area contributed by atoms with Gasteiger partial charge in [-0.2, -0.15) is 0 Å². The Morgan fingerprint density at radius 3 is 2.72 bits per heavy atom. The summed E-state index contributed by atoms with van der Waals surface area (Å²) in [5.74, 6) is 0.695. The fourth-order valence-corrected chi connectivity index (χ4v) is 2.16. The molecule has 1 fully saturated rings. The van der Waals surface area contributed by atoms with Crippen LogP contribution in [0.3, 0.4) is 0 Å². The summed E-state index contributed by atoms with van der Waals surface area (Å²) in [4.78, 5) is 14.0. The molecular weight excluding hydrogens is 228 g/mol. The second-order valence-corrected chi connectivity index (χ2v) is 5.45. The van der Waals surface area contributed by atoms with Gasteiger partial charge in [0.05, 0.1) is 18.8 Å². The van der Waals surface area contributed by atoms with Crippen molar-refractivity contribution in [1.29, 1.82) is 0 Å². The molecule has 2 unspecified atom stereocenters. The summed E-state index contributed by atoms with van der Waals surface area (Å²) in [7, 11) is 0. The van der Waals surface area contributed by atoms with Gasteiger partial charge in [0.15, 0.2) is 0 Å². The van der Waals surface area contributed by atoms with Gasteiger partial charge >= 0.3 is 0 Å². The van der Waals surface area contributed by atoms with Crippen LogP contribution >= 0.6 is 0 Å². The Morgan fingerprint density at radius 2 is 2.11 bits per heavy atom. The van der Waals surface area contributed by atoms with Gasteiger partial charge in [0.1, 0.15) is 0 Å². The molecule has 1 heterocycles. The molecule has 1 aliphatic heterocycles. The van der Waals surface area contributed by atoms with Crippen LogP contribution in [0, 0.1) is 5.92 Å². The summed E-state index contributed by atoms with van der Waals surface area (Å²) in [6.45, 7) is 10.7. The predicted octanol–water partition coefficient (Wildman–Crippen LogP) is 2.00.